The van der Waals surface area contributed by atoms with Crippen LogP contribution in [0.1, 0.15) is 48.0 Å². The minimum atomic E-state index is 0.228. The van der Waals surface area contributed by atoms with Crippen molar-refractivity contribution >= 4 is 22.9 Å². The van der Waals surface area contributed by atoms with E-state index in [9.17, 15) is 4.79 Å². The first-order valence-electron chi connectivity index (χ1n) is 10.6. The molecule has 1 aromatic carbocycles. The summed E-state index contributed by atoms with van der Waals surface area (Å²) in [6.07, 6.45) is 3.37. The van der Waals surface area contributed by atoms with Crippen LogP contribution in [0.3, 0.4) is 0 Å². The summed E-state index contributed by atoms with van der Waals surface area (Å²) < 4.78 is 5.25. The fourth-order valence-electron chi connectivity index (χ4n) is 4.56. The van der Waals surface area contributed by atoms with E-state index >= 15 is 0 Å². The summed E-state index contributed by atoms with van der Waals surface area (Å²) in [5.74, 6) is 1.81. The molecular weight excluding hydrogens is 380 g/mol. The number of thiophene rings is 1. The second-order valence-corrected chi connectivity index (χ2v) is 10.3. The summed E-state index contributed by atoms with van der Waals surface area (Å²) in [4.78, 5) is 19.1. The summed E-state index contributed by atoms with van der Waals surface area (Å²) in [5, 5.41) is 2.12. The molecule has 156 valence electrons. The Morgan fingerprint density at radius 1 is 1.10 bits per heavy atom. The Morgan fingerprint density at radius 3 is 2.41 bits per heavy atom. The van der Waals surface area contributed by atoms with Crippen LogP contribution in [0, 0.1) is 11.3 Å². The van der Waals surface area contributed by atoms with Gasteiger partial charge in [0.25, 0.3) is 5.91 Å². The van der Waals surface area contributed by atoms with E-state index in [1.807, 2.05) is 17.0 Å². The van der Waals surface area contributed by atoms with Crippen LogP contribution in [0.5, 0.6) is 5.75 Å². The molecule has 4 nitrogen and oxygen atoms in total. The molecule has 0 bridgehead atoms. The lowest BCUT2D eigenvalue weighted by atomic mass is 9.72. The molecule has 0 saturated carbocycles. The second-order valence-electron chi connectivity index (χ2n) is 9.33. The van der Waals surface area contributed by atoms with Gasteiger partial charge in [0.05, 0.1) is 12.7 Å². The smallest absolute Gasteiger partial charge is 0.255 e. The summed E-state index contributed by atoms with van der Waals surface area (Å²) in [6.45, 7) is 10.3. The molecule has 1 aliphatic carbocycles. The average molecular weight is 413 g/mol. The predicted octanol–water partition coefficient (Wildman–Crippen LogP) is 4.87. The molecule has 1 fully saturated rings. The third kappa shape index (κ3) is 4.16. The first kappa shape index (κ1) is 20.3. The molecule has 5 heteroatoms. The third-order valence-electron chi connectivity index (χ3n) is 6.61. The molecule has 2 aliphatic rings. The van der Waals surface area contributed by atoms with Gasteiger partial charge < -0.3 is 14.5 Å². The van der Waals surface area contributed by atoms with Gasteiger partial charge in [-0.15, -0.1) is 11.3 Å². The van der Waals surface area contributed by atoms with E-state index in [1.54, 1.807) is 18.4 Å². The monoisotopic (exact) mass is 412 g/mol. The molecule has 1 saturated heterocycles. The zero-order valence-corrected chi connectivity index (χ0v) is 18.8. The number of ether oxygens (including phenoxy) is 1. The number of hydrogen-bond acceptors (Lipinski definition) is 4. The fraction of sp³-hybridized carbons (Fsp3) is 0.542. The summed E-state index contributed by atoms with van der Waals surface area (Å²) >= 11 is 1.80. The van der Waals surface area contributed by atoms with Gasteiger partial charge in [-0.3, -0.25) is 4.79 Å². The van der Waals surface area contributed by atoms with Gasteiger partial charge in [0.1, 0.15) is 5.75 Å². The van der Waals surface area contributed by atoms with Gasteiger partial charge in [0, 0.05) is 42.1 Å². The summed E-state index contributed by atoms with van der Waals surface area (Å²) in [7, 11) is 1.69. The first-order chi connectivity index (χ1) is 13.9. The van der Waals surface area contributed by atoms with E-state index in [0.29, 0.717) is 11.3 Å². The van der Waals surface area contributed by atoms with Crippen molar-refractivity contribution in [1.29, 1.82) is 0 Å². The van der Waals surface area contributed by atoms with Crippen LogP contribution in [0.4, 0.5) is 5.69 Å². The van der Waals surface area contributed by atoms with Crippen LogP contribution in [0.15, 0.2) is 29.6 Å². The van der Waals surface area contributed by atoms with E-state index in [1.165, 1.54) is 22.5 Å². The van der Waals surface area contributed by atoms with E-state index in [0.717, 1.165) is 50.3 Å². The maximum atomic E-state index is 13.2. The molecule has 4 rings (SSSR count). The van der Waals surface area contributed by atoms with Crippen molar-refractivity contribution in [2.24, 2.45) is 11.3 Å². The van der Waals surface area contributed by atoms with Gasteiger partial charge in [-0.25, -0.2) is 0 Å². The highest BCUT2D eigenvalue weighted by atomic mass is 32.1. The zero-order valence-electron chi connectivity index (χ0n) is 18.0. The molecule has 0 N–H and O–H groups in total. The maximum Gasteiger partial charge on any atom is 0.255 e. The lowest BCUT2D eigenvalue weighted by Crippen LogP contribution is -2.49. The van der Waals surface area contributed by atoms with Crippen LogP contribution in [0.2, 0.25) is 0 Å². The number of piperazine rings is 1. The minimum Gasteiger partial charge on any atom is -0.497 e. The Kier molecular flexibility index (Phi) is 5.60. The summed E-state index contributed by atoms with van der Waals surface area (Å²) in [5.41, 5.74) is 3.83. The van der Waals surface area contributed by atoms with Crippen LogP contribution in [0.25, 0.3) is 0 Å². The number of carbonyl (C=O) groups excluding carboxylic acids is 1. The predicted molar refractivity (Wildman–Crippen MR) is 120 cm³/mol. The van der Waals surface area contributed by atoms with Gasteiger partial charge in [-0.2, -0.15) is 0 Å². The standard InChI is InChI=1S/C24H32N2O2S/c1-24(2,3)17-5-10-20-21(16-29-22(20)15-17)23(27)26-13-11-25(12-14-26)18-6-8-19(28-4)9-7-18/h6-9,16-17H,5,10-15H2,1-4H3/t17-/m0/s1. The number of nitrogens with zero attached hydrogens (tertiary/aromatic N) is 2. The largest absolute Gasteiger partial charge is 0.497 e. The van der Waals surface area contributed by atoms with Crippen molar-refractivity contribution in [2.75, 3.05) is 38.2 Å². The highest BCUT2D eigenvalue weighted by Crippen LogP contribution is 2.40. The highest BCUT2D eigenvalue weighted by Gasteiger charge is 2.33. The number of fused-ring (bicyclic) bond motifs is 1. The SMILES string of the molecule is COc1ccc(N2CCN(C(=O)c3csc4c3CC[C@H](C(C)(C)C)C4)CC2)cc1. The molecule has 2 aromatic rings. The molecule has 0 unspecified atom stereocenters. The van der Waals surface area contributed by atoms with Crippen molar-refractivity contribution < 1.29 is 9.53 Å². The molecule has 2 heterocycles. The Hall–Kier alpha value is -2.01. The molecule has 0 spiro atoms. The normalized spacial score (nSPS) is 19.8. The molecule has 1 amide bonds. The number of carbonyl (C=O) groups is 1. The Labute approximate surface area is 178 Å². The van der Waals surface area contributed by atoms with Gasteiger partial charge in [-0.05, 0) is 60.4 Å². The van der Waals surface area contributed by atoms with Crippen molar-refractivity contribution in [2.45, 2.75) is 40.0 Å². The Morgan fingerprint density at radius 2 is 1.79 bits per heavy atom. The van der Waals surface area contributed by atoms with Gasteiger partial charge in [0.15, 0.2) is 0 Å². The quantitative estimate of drug-likeness (QED) is 0.721. The third-order valence-corrected chi connectivity index (χ3v) is 7.67. The highest BCUT2D eigenvalue weighted by molar-refractivity contribution is 7.10. The van der Waals surface area contributed by atoms with Crippen LogP contribution >= 0.6 is 11.3 Å². The molecular formula is C24H32N2O2S. The van der Waals surface area contributed by atoms with Crippen molar-refractivity contribution in [3.63, 3.8) is 0 Å². The lowest BCUT2D eigenvalue weighted by molar-refractivity contribution is 0.0745. The Balaban J connectivity index is 1.40. The minimum absolute atomic E-state index is 0.228. The second kappa shape index (κ2) is 8.02. The molecule has 1 aliphatic heterocycles. The van der Waals surface area contributed by atoms with E-state index in [2.05, 4.69) is 43.2 Å². The van der Waals surface area contributed by atoms with Crippen LogP contribution in [-0.4, -0.2) is 44.1 Å². The van der Waals surface area contributed by atoms with E-state index < -0.39 is 0 Å². The van der Waals surface area contributed by atoms with Gasteiger partial charge >= 0.3 is 0 Å². The van der Waals surface area contributed by atoms with Crippen molar-refractivity contribution in [3.05, 3.63) is 45.6 Å². The van der Waals surface area contributed by atoms with Crippen LogP contribution in [-0.2, 0) is 12.8 Å². The van der Waals surface area contributed by atoms with Gasteiger partial charge in [-0.1, -0.05) is 20.8 Å². The first-order valence-corrected chi connectivity index (χ1v) is 11.5. The van der Waals surface area contributed by atoms with E-state index in [-0.39, 0.29) is 5.91 Å². The number of rotatable bonds is 3. The van der Waals surface area contributed by atoms with E-state index in [4.69, 9.17) is 4.74 Å². The number of anilines is 1. The van der Waals surface area contributed by atoms with Crippen molar-refractivity contribution in [1.82, 2.24) is 4.90 Å². The molecule has 0 radical (unpaired) electrons. The average Bonchev–Trinajstić information content (AvgIpc) is 3.16. The summed E-state index contributed by atoms with van der Waals surface area (Å²) in [6, 6.07) is 8.18. The number of amides is 1. The maximum absolute atomic E-state index is 13.2. The fourth-order valence-corrected chi connectivity index (χ4v) is 5.72. The van der Waals surface area contributed by atoms with Gasteiger partial charge in [0.2, 0.25) is 0 Å². The lowest BCUT2D eigenvalue weighted by Gasteiger charge is -2.37. The van der Waals surface area contributed by atoms with Crippen LogP contribution < -0.4 is 9.64 Å². The molecule has 29 heavy (non-hydrogen) atoms. The topological polar surface area (TPSA) is 32.8 Å². The zero-order chi connectivity index (χ0) is 20.6. The number of hydrogen-bond donors (Lipinski definition) is 0. The van der Waals surface area contributed by atoms with Crippen molar-refractivity contribution in [3.8, 4) is 5.75 Å². The number of methoxy groups -OCH3 is 1. The molecule has 1 aromatic heterocycles. The number of benzene rings is 1. The Bertz CT molecular complexity index is 858. The molecule has 1 atom stereocenters.